The number of ether oxygens (including phenoxy) is 2. The average Bonchev–Trinajstić information content (AvgIpc) is 2.44. The lowest BCUT2D eigenvalue weighted by molar-refractivity contribution is -0.109. The monoisotopic (exact) mass is 300 g/mol. The third kappa shape index (κ3) is 4.70. The van der Waals surface area contributed by atoms with Crippen LogP contribution in [-0.4, -0.2) is 40.9 Å². The van der Waals surface area contributed by atoms with Crippen molar-refractivity contribution in [2.75, 3.05) is 19.5 Å². The van der Waals surface area contributed by atoms with E-state index in [1.54, 1.807) is 18.2 Å². The van der Waals surface area contributed by atoms with Gasteiger partial charge in [-0.25, -0.2) is 0 Å². The Morgan fingerprint density at radius 2 is 2.05 bits per heavy atom. The minimum Gasteiger partial charge on any atom is -0.493 e. The van der Waals surface area contributed by atoms with E-state index in [1.807, 2.05) is 6.92 Å². The van der Waals surface area contributed by atoms with Gasteiger partial charge in [0.25, 0.3) is 0 Å². The van der Waals surface area contributed by atoms with Gasteiger partial charge in [-0.2, -0.15) is 0 Å². The van der Waals surface area contributed by atoms with E-state index in [0.29, 0.717) is 23.7 Å². The molecule has 2 atom stereocenters. The molecule has 0 radical (unpaired) electrons. The van der Waals surface area contributed by atoms with Gasteiger partial charge < -0.3 is 19.7 Å². The average molecular weight is 300 g/mol. The molecule has 1 rings (SSSR count). The van der Waals surface area contributed by atoms with Gasteiger partial charge in [-0.05, 0) is 24.6 Å². The zero-order valence-electron chi connectivity index (χ0n) is 11.8. The van der Waals surface area contributed by atoms with E-state index in [1.165, 1.54) is 14.0 Å². The second-order valence-corrected chi connectivity index (χ2v) is 5.36. The van der Waals surface area contributed by atoms with Gasteiger partial charge in [0.2, 0.25) is 0 Å². The number of benzene rings is 1. The molecule has 0 aromatic heterocycles. The predicted molar refractivity (Wildman–Crippen MR) is 78.3 cm³/mol. The molecule has 0 aliphatic rings. The quantitative estimate of drug-likeness (QED) is 0.799. The van der Waals surface area contributed by atoms with E-state index < -0.39 is 12.2 Å². The van der Waals surface area contributed by atoms with Crippen molar-refractivity contribution in [3.8, 4) is 11.5 Å². The van der Waals surface area contributed by atoms with Crippen molar-refractivity contribution in [2.45, 2.75) is 26.1 Å². The number of hydrogen-bond acceptors (Lipinski definition) is 6. The van der Waals surface area contributed by atoms with Crippen LogP contribution in [0, 0.1) is 0 Å². The summed E-state index contributed by atoms with van der Waals surface area (Å²) >= 11 is 0.980. The number of thioether (sulfide) groups is 1. The molecule has 112 valence electrons. The number of aliphatic hydroxyl groups excluding tert-OH is 2. The summed E-state index contributed by atoms with van der Waals surface area (Å²) in [5, 5.41) is 19.9. The van der Waals surface area contributed by atoms with Crippen molar-refractivity contribution < 1.29 is 24.5 Å². The lowest BCUT2D eigenvalue weighted by atomic mass is 10.0. The van der Waals surface area contributed by atoms with Gasteiger partial charge in [-0.1, -0.05) is 17.8 Å². The molecule has 0 saturated heterocycles. The molecule has 0 bridgehead atoms. The summed E-state index contributed by atoms with van der Waals surface area (Å²) in [4.78, 5) is 10.9. The van der Waals surface area contributed by atoms with Crippen molar-refractivity contribution in [1.82, 2.24) is 0 Å². The van der Waals surface area contributed by atoms with E-state index in [4.69, 9.17) is 9.47 Å². The lowest BCUT2D eigenvalue weighted by Gasteiger charge is -2.19. The van der Waals surface area contributed by atoms with E-state index in [0.717, 1.165) is 11.8 Å². The van der Waals surface area contributed by atoms with Gasteiger partial charge in [-0.3, -0.25) is 4.79 Å². The topological polar surface area (TPSA) is 76.0 Å². The Kier molecular flexibility index (Phi) is 6.84. The first-order valence-electron chi connectivity index (χ1n) is 6.29. The predicted octanol–water partition coefficient (Wildman–Crippen LogP) is 1.77. The van der Waals surface area contributed by atoms with Gasteiger partial charge in [0.05, 0.1) is 19.8 Å². The smallest absolute Gasteiger partial charge is 0.185 e. The van der Waals surface area contributed by atoms with Crippen molar-refractivity contribution >= 4 is 16.9 Å². The molecule has 5 nitrogen and oxygen atoms in total. The number of carbonyl (C=O) groups is 1. The Hall–Kier alpha value is -1.24. The van der Waals surface area contributed by atoms with Crippen LogP contribution in [0.25, 0.3) is 0 Å². The van der Waals surface area contributed by atoms with E-state index in [2.05, 4.69) is 0 Å². The summed E-state index contributed by atoms with van der Waals surface area (Å²) in [7, 11) is 1.53. The largest absolute Gasteiger partial charge is 0.493 e. The summed E-state index contributed by atoms with van der Waals surface area (Å²) in [5.41, 5.74) is 0.519. The molecule has 1 aromatic rings. The molecule has 0 aliphatic carbocycles. The zero-order chi connectivity index (χ0) is 15.1. The second kappa shape index (κ2) is 8.14. The molecule has 2 unspecified atom stereocenters. The standard InChI is InChI=1S/C14H20O5S/c1-4-19-13-7-10(5-6-12(13)18-3)14(17)11(16)8-20-9(2)15/h5-7,11,14,16-17H,4,8H2,1-3H3. The summed E-state index contributed by atoms with van der Waals surface area (Å²) in [6.07, 6.45) is -2.10. The summed E-state index contributed by atoms with van der Waals surface area (Å²) < 4.78 is 10.6. The third-order valence-corrected chi connectivity index (χ3v) is 3.57. The van der Waals surface area contributed by atoms with Crippen LogP contribution in [0.15, 0.2) is 18.2 Å². The Labute approximate surface area is 122 Å². The minimum atomic E-state index is -1.08. The molecular formula is C14H20O5S. The first-order valence-corrected chi connectivity index (χ1v) is 7.28. The van der Waals surface area contributed by atoms with Crippen LogP contribution in [0.1, 0.15) is 25.5 Å². The highest BCUT2D eigenvalue weighted by molar-refractivity contribution is 8.13. The van der Waals surface area contributed by atoms with Crippen LogP contribution < -0.4 is 9.47 Å². The lowest BCUT2D eigenvalue weighted by Crippen LogP contribution is -2.21. The van der Waals surface area contributed by atoms with Crippen molar-refractivity contribution in [3.05, 3.63) is 23.8 Å². The fourth-order valence-electron chi connectivity index (χ4n) is 1.66. The maximum absolute atomic E-state index is 10.9. The van der Waals surface area contributed by atoms with Crippen molar-refractivity contribution in [1.29, 1.82) is 0 Å². The van der Waals surface area contributed by atoms with Crippen LogP contribution >= 0.6 is 11.8 Å². The fraction of sp³-hybridized carbons (Fsp3) is 0.500. The number of carbonyl (C=O) groups excluding carboxylic acids is 1. The molecule has 0 aliphatic heterocycles. The Balaban J connectivity index is 2.84. The van der Waals surface area contributed by atoms with Crippen LogP contribution in [0.2, 0.25) is 0 Å². The molecule has 2 N–H and O–H groups in total. The van der Waals surface area contributed by atoms with Gasteiger partial charge in [-0.15, -0.1) is 0 Å². The second-order valence-electron chi connectivity index (χ2n) is 4.16. The van der Waals surface area contributed by atoms with Gasteiger partial charge in [0.15, 0.2) is 16.6 Å². The first-order chi connectivity index (χ1) is 9.49. The Morgan fingerprint density at radius 3 is 2.60 bits per heavy atom. The fourth-order valence-corrected chi connectivity index (χ4v) is 2.25. The first kappa shape index (κ1) is 16.8. The highest BCUT2D eigenvalue weighted by Crippen LogP contribution is 2.31. The van der Waals surface area contributed by atoms with Gasteiger partial charge in [0.1, 0.15) is 6.10 Å². The molecular weight excluding hydrogens is 280 g/mol. The summed E-state index contributed by atoms with van der Waals surface area (Å²) in [5.74, 6) is 1.22. The van der Waals surface area contributed by atoms with Gasteiger partial charge in [0, 0.05) is 12.7 Å². The molecule has 0 amide bonds. The number of rotatable bonds is 7. The third-order valence-electron chi connectivity index (χ3n) is 2.65. The Morgan fingerprint density at radius 1 is 1.35 bits per heavy atom. The van der Waals surface area contributed by atoms with Crippen LogP contribution in [0.4, 0.5) is 0 Å². The van der Waals surface area contributed by atoms with Crippen LogP contribution in [-0.2, 0) is 4.79 Å². The van der Waals surface area contributed by atoms with Gasteiger partial charge >= 0.3 is 0 Å². The Bertz CT molecular complexity index is 449. The maximum atomic E-state index is 10.9. The molecule has 0 saturated carbocycles. The normalized spacial score (nSPS) is 13.7. The number of hydrogen-bond donors (Lipinski definition) is 2. The van der Waals surface area contributed by atoms with Crippen LogP contribution in [0.3, 0.4) is 0 Å². The molecule has 0 heterocycles. The van der Waals surface area contributed by atoms with E-state index in [9.17, 15) is 15.0 Å². The number of methoxy groups -OCH3 is 1. The van der Waals surface area contributed by atoms with Crippen molar-refractivity contribution in [3.63, 3.8) is 0 Å². The van der Waals surface area contributed by atoms with E-state index >= 15 is 0 Å². The minimum absolute atomic E-state index is 0.0963. The van der Waals surface area contributed by atoms with E-state index in [-0.39, 0.29) is 10.9 Å². The molecule has 1 aromatic carbocycles. The molecule has 6 heteroatoms. The number of aliphatic hydroxyl groups is 2. The SMILES string of the molecule is CCOc1cc(C(O)C(O)CSC(C)=O)ccc1OC. The zero-order valence-corrected chi connectivity index (χ0v) is 12.6. The van der Waals surface area contributed by atoms with Crippen LogP contribution in [0.5, 0.6) is 11.5 Å². The highest BCUT2D eigenvalue weighted by Gasteiger charge is 2.20. The summed E-state index contributed by atoms with van der Waals surface area (Å²) in [6.45, 7) is 3.74. The highest BCUT2D eigenvalue weighted by atomic mass is 32.2. The maximum Gasteiger partial charge on any atom is 0.185 e. The van der Waals surface area contributed by atoms with Crippen molar-refractivity contribution in [2.24, 2.45) is 0 Å². The molecule has 20 heavy (non-hydrogen) atoms. The summed E-state index contributed by atoms with van der Waals surface area (Å²) in [6, 6.07) is 4.97. The molecule has 0 spiro atoms. The molecule has 0 fully saturated rings.